The average molecular weight is 378 g/mol. The van der Waals surface area contributed by atoms with Gasteiger partial charge in [0.05, 0.1) is 29.8 Å². The summed E-state index contributed by atoms with van der Waals surface area (Å²) < 4.78 is 1.88. The number of quaternary nitrogens is 1. The normalized spacial score (nSPS) is 12.0. The van der Waals surface area contributed by atoms with Gasteiger partial charge in [0.25, 0.3) is 5.91 Å². The molecule has 0 bridgehead atoms. The maximum absolute atomic E-state index is 12.6. The fourth-order valence-corrected chi connectivity index (χ4v) is 3.41. The standard InChI is InChI=1S/C23H28N4O/c1-16-10-12-21(13-11-16)27-19(4)23(18(3)25-27)24-22(28)15-26(5)14-20-9-7-6-8-17(20)2/h6-13H,14-15H2,1-5H3,(H,24,28)/p+1. The number of carbonyl (C=O) groups is 1. The first-order chi connectivity index (χ1) is 13.3. The van der Waals surface area contributed by atoms with Gasteiger partial charge < -0.3 is 10.2 Å². The number of hydrogen-bond acceptors (Lipinski definition) is 2. The molecule has 0 saturated heterocycles. The molecular formula is C23H29N4O+. The Morgan fingerprint density at radius 3 is 2.39 bits per heavy atom. The largest absolute Gasteiger partial charge is 0.326 e. The molecule has 0 spiro atoms. The summed E-state index contributed by atoms with van der Waals surface area (Å²) >= 11 is 0. The van der Waals surface area contributed by atoms with Crippen LogP contribution in [0.25, 0.3) is 5.69 Å². The van der Waals surface area contributed by atoms with Gasteiger partial charge in [-0.15, -0.1) is 0 Å². The van der Waals surface area contributed by atoms with Crippen LogP contribution in [-0.2, 0) is 11.3 Å². The Morgan fingerprint density at radius 2 is 1.71 bits per heavy atom. The van der Waals surface area contributed by atoms with E-state index in [0.29, 0.717) is 6.54 Å². The first-order valence-electron chi connectivity index (χ1n) is 9.64. The van der Waals surface area contributed by atoms with Gasteiger partial charge in [0, 0.05) is 5.56 Å². The molecule has 0 radical (unpaired) electrons. The van der Waals surface area contributed by atoms with Gasteiger partial charge in [0.1, 0.15) is 6.54 Å². The first-order valence-corrected chi connectivity index (χ1v) is 9.64. The van der Waals surface area contributed by atoms with E-state index < -0.39 is 0 Å². The zero-order valence-electron chi connectivity index (χ0n) is 17.3. The molecule has 0 aliphatic rings. The molecule has 28 heavy (non-hydrogen) atoms. The van der Waals surface area contributed by atoms with Gasteiger partial charge in [-0.25, -0.2) is 4.68 Å². The zero-order valence-corrected chi connectivity index (χ0v) is 17.3. The van der Waals surface area contributed by atoms with Gasteiger partial charge in [-0.05, 0) is 45.4 Å². The maximum atomic E-state index is 12.6. The Balaban J connectivity index is 1.68. The zero-order chi connectivity index (χ0) is 20.3. The van der Waals surface area contributed by atoms with Crippen molar-refractivity contribution in [2.75, 3.05) is 18.9 Å². The van der Waals surface area contributed by atoms with Crippen LogP contribution in [0.4, 0.5) is 5.69 Å². The highest BCUT2D eigenvalue weighted by Crippen LogP contribution is 2.22. The molecule has 5 heteroatoms. The van der Waals surface area contributed by atoms with Gasteiger partial charge in [-0.3, -0.25) is 4.79 Å². The van der Waals surface area contributed by atoms with E-state index >= 15 is 0 Å². The highest BCUT2D eigenvalue weighted by molar-refractivity contribution is 5.92. The van der Waals surface area contributed by atoms with Crippen LogP contribution in [0.1, 0.15) is 28.1 Å². The lowest BCUT2D eigenvalue weighted by molar-refractivity contribution is -0.885. The SMILES string of the molecule is Cc1ccc(-n2nc(C)c(NC(=O)C[NH+](C)Cc3ccccc3C)c2C)cc1. The number of likely N-dealkylation sites (N-methyl/N-ethyl adjacent to an activating group) is 1. The molecule has 0 aliphatic carbocycles. The first kappa shape index (κ1) is 19.8. The van der Waals surface area contributed by atoms with Gasteiger partial charge in [-0.2, -0.15) is 5.10 Å². The van der Waals surface area contributed by atoms with Gasteiger partial charge in [0.2, 0.25) is 0 Å². The summed E-state index contributed by atoms with van der Waals surface area (Å²) in [4.78, 5) is 13.8. The maximum Gasteiger partial charge on any atom is 0.279 e. The molecule has 0 saturated carbocycles. The minimum absolute atomic E-state index is 0.000685. The number of hydrogen-bond donors (Lipinski definition) is 2. The third-order valence-electron chi connectivity index (χ3n) is 5.05. The van der Waals surface area contributed by atoms with Crippen molar-refractivity contribution in [2.45, 2.75) is 34.2 Å². The summed E-state index contributed by atoms with van der Waals surface area (Å²) in [5.74, 6) is 0.000685. The van der Waals surface area contributed by atoms with Crippen molar-refractivity contribution in [1.82, 2.24) is 9.78 Å². The highest BCUT2D eigenvalue weighted by atomic mass is 16.2. The van der Waals surface area contributed by atoms with E-state index in [1.807, 2.05) is 49.8 Å². The molecule has 2 aromatic carbocycles. The molecule has 1 atom stereocenters. The highest BCUT2D eigenvalue weighted by Gasteiger charge is 2.18. The van der Waals surface area contributed by atoms with Crippen molar-refractivity contribution in [2.24, 2.45) is 0 Å². The second-order valence-electron chi connectivity index (χ2n) is 7.58. The van der Waals surface area contributed by atoms with Crippen molar-refractivity contribution in [3.05, 3.63) is 76.6 Å². The van der Waals surface area contributed by atoms with Crippen LogP contribution in [0.15, 0.2) is 48.5 Å². The molecule has 2 N–H and O–H groups in total. The Bertz CT molecular complexity index is 973. The van der Waals surface area contributed by atoms with Crippen LogP contribution >= 0.6 is 0 Å². The summed E-state index contributed by atoms with van der Waals surface area (Å²) in [5.41, 5.74) is 7.29. The van der Waals surface area contributed by atoms with E-state index in [9.17, 15) is 4.79 Å². The minimum Gasteiger partial charge on any atom is -0.326 e. The number of nitrogens with zero attached hydrogens (tertiary/aromatic N) is 2. The third-order valence-corrected chi connectivity index (χ3v) is 5.05. The predicted molar refractivity (Wildman–Crippen MR) is 113 cm³/mol. The number of aromatic nitrogens is 2. The lowest BCUT2D eigenvalue weighted by atomic mass is 10.1. The van der Waals surface area contributed by atoms with Crippen molar-refractivity contribution in [3.8, 4) is 5.69 Å². The molecule has 1 aromatic heterocycles. The van der Waals surface area contributed by atoms with E-state index in [1.54, 1.807) is 0 Å². The monoisotopic (exact) mass is 377 g/mol. The van der Waals surface area contributed by atoms with E-state index in [2.05, 4.69) is 48.5 Å². The summed E-state index contributed by atoms with van der Waals surface area (Å²) in [7, 11) is 2.04. The number of carbonyl (C=O) groups excluding carboxylic acids is 1. The molecule has 0 aliphatic heterocycles. The summed E-state index contributed by atoms with van der Waals surface area (Å²) in [6.45, 7) is 9.31. The Morgan fingerprint density at radius 1 is 1.04 bits per heavy atom. The van der Waals surface area contributed by atoms with Crippen molar-refractivity contribution in [3.63, 3.8) is 0 Å². The lowest BCUT2D eigenvalue weighted by Crippen LogP contribution is -3.08. The fraction of sp³-hybridized carbons (Fsp3) is 0.304. The predicted octanol–water partition coefficient (Wildman–Crippen LogP) is 2.76. The second kappa shape index (κ2) is 8.40. The Hall–Kier alpha value is -2.92. The smallest absolute Gasteiger partial charge is 0.279 e. The van der Waals surface area contributed by atoms with E-state index in [-0.39, 0.29) is 5.91 Å². The quantitative estimate of drug-likeness (QED) is 0.694. The number of nitrogens with one attached hydrogen (secondary N) is 2. The van der Waals surface area contributed by atoms with Gasteiger partial charge >= 0.3 is 0 Å². The van der Waals surface area contributed by atoms with Crippen molar-refractivity contribution < 1.29 is 9.69 Å². The van der Waals surface area contributed by atoms with Gasteiger partial charge in [0.15, 0.2) is 6.54 Å². The molecule has 146 valence electrons. The van der Waals surface area contributed by atoms with Crippen LogP contribution in [0.2, 0.25) is 0 Å². The third kappa shape index (κ3) is 4.49. The number of anilines is 1. The molecule has 1 amide bonds. The number of benzene rings is 2. The van der Waals surface area contributed by atoms with Crippen LogP contribution in [0.5, 0.6) is 0 Å². The Labute approximate surface area is 167 Å². The molecule has 5 nitrogen and oxygen atoms in total. The van der Waals surface area contributed by atoms with Crippen LogP contribution in [0.3, 0.4) is 0 Å². The number of aryl methyl sites for hydroxylation is 3. The number of rotatable bonds is 6. The molecule has 0 fully saturated rings. The van der Waals surface area contributed by atoms with Crippen LogP contribution in [0, 0.1) is 27.7 Å². The fourth-order valence-electron chi connectivity index (χ4n) is 3.41. The Kier molecular flexibility index (Phi) is 5.95. The van der Waals surface area contributed by atoms with E-state index in [4.69, 9.17) is 0 Å². The van der Waals surface area contributed by atoms with Crippen molar-refractivity contribution in [1.29, 1.82) is 0 Å². The van der Waals surface area contributed by atoms with E-state index in [0.717, 1.165) is 34.2 Å². The minimum atomic E-state index is 0.000685. The van der Waals surface area contributed by atoms with Gasteiger partial charge in [-0.1, -0.05) is 42.0 Å². The number of amides is 1. The van der Waals surface area contributed by atoms with Crippen LogP contribution < -0.4 is 10.2 Å². The second-order valence-corrected chi connectivity index (χ2v) is 7.58. The molecule has 1 unspecified atom stereocenters. The topological polar surface area (TPSA) is 51.4 Å². The summed E-state index contributed by atoms with van der Waals surface area (Å²) in [6, 6.07) is 16.5. The summed E-state index contributed by atoms with van der Waals surface area (Å²) in [5, 5.41) is 7.69. The average Bonchev–Trinajstić information content (AvgIpc) is 2.92. The lowest BCUT2D eigenvalue weighted by Gasteiger charge is -2.15. The van der Waals surface area contributed by atoms with Crippen molar-refractivity contribution >= 4 is 11.6 Å². The summed E-state index contributed by atoms with van der Waals surface area (Å²) in [6.07, 6.45) is 0. The molecule has 1 heterocycles. The van der Waals surface area contributed by atoms with E-state index in [1.165, 1.54) is 16.7 Å². The molecular weight excluding hydrogens is 348 g/mol. The van der Waals surface area contributed by atoms with Crippen LogP contribution in [-0.4, -0.2) is 29.3 Å². The molecule has 3 rings (SSSR count). The molecule has 3 aromatic rings.